The van der Waals surface area contributed by atoms with Crippen molar-refractivity contribution in [3.8, 4) is 0 Å². The maximum atomic E-state index is 13.2. The Morgan fingerprint density at radius 2 is 2.11 bits per heavy atom. The van der Waals surface area contributed by atoms with Gasteiger partial charge in [-0.2, -0.15) is 0 Å². The second kappa shape index (κ2) is 7.52. The van der Waals surface area contributed by atoms with Crippen molar-refractivity contribution in [2.75, 3.05) is 6.54 Å². The predicted molar refractivity (Wildman–Crippen MR) is 75.1 cm³/mol. The lowest BCUT2D eigenvalue weighted by molar-refractivity contribution is 0.0951. The highest BCUT2D eigenvalue weighted by Crippen LogP contribution is 2.20. The monoisotopic (exact) mass is 315 g/mol. The molecule has 0 radical (unpaired) electrons. The van der Waals surface area contributed by atoms with Gasteiger partial charge in [0.25, 0.3) is 5.91 Å². The normalized spacial score (nSPS) is 10.7. The molecule has 0 aromatic heterocycles. The summed E-state index contributed by atoms with van der Waals surface area (Å²) in [5, 5.41) is 2.81. The van der Waals surface area contributed by atoms with Gasteiger partial charge in [-0.3, -0.25) is 4.79 Å². The molecule has 0 spiro atoms. The molecule has 0 aliphatic rings. The van der Waals surface area contributed by atoms with E-state index in [1.54, 1.807) is 6.07 Å². The van der Waals surface area contributed by atoms with Crippen LogP contribution in [-0.2, 0) is 0 Å². The molecule has 4 heteroatoms. The molecule has 18 heavy (non-hydrogen) atoms. The van der Waals surface area contributed by atoms with Crippen LogP contribution in [0.4, 0.5) is 4.39 Å². The lowest BCUT2D eigenvalue weighted by Crippen LogP contribution is -2.25. The van der Waals surface area contributed by atoms with Gasteiger partial charge in [-0.15, -0.1) is 0 Å². The molecular weight excluding hydrogens is 297 g/mol. The summed E-state index contributed by atoms with van der Waals surface area (Å²) in [6, 6.07) is 4.47. The van der Waals surface area contributed by atoms with E-state index in [1.165, 1.54) is 18.6 Å². The number of amides is 1. The largest absolute Gasteiger partial charge is 0.352 e. The Bertz CT molecular complexity index is 407. The van der Waals surface area contributed by atoms with Gasteiger partial charge in [0.2, 0.25) is 0 Å². The third-order valence-corrected chi connectivity index (χ3v) is 3.50. The number of hydrogen-bond acceptors (Lipinski definition) is 1. The average Bonchev–Trinajstić information content (AvgIpc) is 2.31. The number of halogens is 2. The molecular formula is C14H19BrFNO. The van der Waals surface area contributed by atoms with Gasteiger partial charge in [-0.05, 0) is 40.4 Å². The Hall–Kier alpha value is -0.900. The highest BCUT2D eigenvalue weighted by molar-refractivity contribution is 9.10. The Kier molecular flexibility index (Phi) is 6.33. The summed E-state index contributed by atoms with van der Waals surface area (Å²) in [7, 11) is 0. The van der Waals surface area contributed by atoms with Crippen molar-refractivity contribution in [3.63, 3.8) is 0 Å². The fourth-order valence-corrected chi connectivity index (χ4v) is 2.10. The zero-order chi connectivity index (χ0) is 13.5. The van der Waals surface area contributed by atoms with Crippen molar-refractivity contribution in [3.05, 3.63) is 34.1 Å². The molecule has 0 unspecified atom stereocenters. The van der Waals surface area contributed by atoms with Gasteiger partial charge in [0.1, 0.15) is 5.82 Å². The highest BCUT2D eigenvalue weighted by Gasteiger charge is 2.12. The van der Waals surface area contributed by atoms with Crippen LogP contribution in [0.5, 0.6) is 0 Å². The Morgan fingerprint density at radius 1 is 1.39 bits per heavy atom. The number of carbonyl (C=O) groups excluding carboxylic acids is 1. The minimum Gasteiger partial charge on any atom is -0.352 e. The van der Waals surface area contributed by atoms with E-state index < -0.39 is 5.82 Å². The lowest BCUT2D eigenvalue weighted by atomic mass is 10.1. The summed E-state index contributed by atoms with van der Waals surface area (Å²) >= 11 is 3.09. The molecule has 0 heterocycles. The first-order chi connectivity index (χ1) is 8.52. The molecule has 0 saturated heterocycles. The van der Waals surface area contributed by atoms with Gasteiger partial charge < -0.3 is 5.32 Å². The minimum absolute atomic E-state index is 0.227. The molecule has 1 rings (SSSR count). The standard InChI is InChI=1S/C14H19BrFNO/c1-10(2)6-3-4-9-17-14(18)11-7-5-8-12(16)13(11)15/h5,7-8,10H,3-4,6,9H2,1-2H3,(H,17,18). The first kappa shape index (κ1) is 15.2. The van der Waals surface area contributed by atoms with E-state index in [4.69, 9.17) is 0 Å². The van der Waals surface area contributed by atoms with Gasteiger partial charge in [0.15, 0.2) is 0 Å². The van der Waals surface area contributed by atoms with Crippen molar-refractivity contribution >= 4 is 21.8 Å². The fourth-order valence-electron chi connectivity index (χ4n) is 1.65. The molecule has 0 saturated carbocycles. The zero-order valence-electron chi connectivity index (χ0n) is 10.8. The van der Waals surface area contributed by atoms with Crippen molar-refractivity contribution in [2.45, 2.75) is 33.1 Å². The van der Waals surface area contributed by atoms with Gasteiger partial charge in [-0.25, -0.2) is 4.39 Å². The van der Waals surface area contributed by atoms with E-state index in [1.807, 2.05) is 0 Å². The van der Waals surface area contributed by atoms with Crippen molar-refractivity contribution in [2.24, 2.45) is 5.92 Å². The van der Waals surface area contributed by atoms with Crippen LogP contribution < -0.4 is 5.32 Å². The molecule has 0 aliphatic carbocycles. The van der Waals surface area contributed by atoms with Gasteiger partial charge in [-0.1, -0.05) is 32.8 Å². The fraction of sp³-hybridized carbons (Fsp3) is 0.500. The second-order valence-electron chi connectivity index (χ2n) is 4.75. The summed E-state index contributed by atoms with van der Waals surface area (Å²) < 4.78 is 13.5. The number of carbonyl (C=O) groups is 1. The summed E-state index contributed by atoms with van der Waals surface area (Å²) in [6.07, 6.45) is 3.22. The smallest absolute Gasteiger partial charge is 0.252 e. The maximum absolute atomic E-state index is 13.2. The van der Waals surface area contributed by atoms with Crippen molar-refractivity contribution < 1.29 is 9.18 Å². The van der Waals surface area contributed by atoms with Crippen molar-refractivity contribution in [1.82, 2.24) is 5.32 Å². The van der Waals surface area contributed by atoms with E-state index in [2.05, 4.69) is 35.1 Å². The number of rotatable bonds is 6. The predicted octanol–water partition coefficient (Wildman–Crippen LogP) is 4.14. The first-order valence-corrected chi connectivity index (χ1v) is 7.04. The van der Waals surface area contributed by atoms with E-state index in [0.717, 1.165) is 12.8 Å². The van der Waals surface area contributed by atoms with E-state index in [-0.39, 0.29) is 10.4 Å². The van der Waals surface area contributed by atoms with Crippen LogP contribution in [0.1, 0.15) is 43.5 Å². The Labute approximate surface area is 116 Å². The molecule has 1 aromatic carbocycles. The molecule has 1 N–H and O–H groups in total. The molecule has 2 nitrogen and oxygen atoms in total. The molecule has 1 amide bonds. The van der Waals surface area contributed by atoms with Gasteiger partial charge >= 0.3 is 0 Å². The van der Waals surface area contributed by atoms with E-state index in [9.17, 15) is 9.18 Å². The van der Waals surface area contributed by atoms with Crippen LogP contribution in [0.25, 0.3) is 0 Å². The quantitative estimate of drug-likeness (QED) is 0.785. The summed E-state index contributed by atoms with van der Waals surface area (Å²) in [5.74, 6) is 0.0476. The number of nitrogens with one attached hydrogen (secondary N) is 1. The minimum atomic E-state index is -0.414. The van der Waals surface area contributed by atoms with Crippen LogP contribution in [0.3, 0.4) is 0 Å². The third-order valence-electron chi connectivity index (χ3n) is 2.69. The van der Waals surface area contributed by atoms with Crippen molar-refractivity contribution in [1.29, 1.82) is 0 Å². The number of hydrogen-bond donors (Lipinski definition) is 1. The third kappa shape index (κ3) is 4.77. The van der Waals surface area contributed by atoms with Crippen LogP contribution in [0, 0.1) is 11.7 Å². The summed E-state index contributed by atoms with van der Waals surface area (Å²) in [4.78, 5) is 11.8. The summed E-state index contributed by atoms with van der Waals surface area (Å²) in [5.41, 5.74) is 0.346. The van der Waals surface area contributed by atoms with Gasteiger partial charge in [0, 0.05) is 6.54 Å². The van der Waals surface area contributed by atoms with Crippen LogP contribution >= 0.6 is 15.9 Å². The average molecular weight is 316 g/mol. The van der Waals surface area contributed by atoms with Crippen LogP contribution in [0.2, 0.25) is 0 Å². The number of benzene rings is 1. The molecule has 0 fully saturated rings. The highest BCUT2D eigenvalue weighted by atomic mass is 79.9. The second-order valence-corrected chi connectivity index (χ2v) is 5.54. The SMILES string of the molecule is CC(C)CCCCNC(=O)c1cccc(F)c1Br. The molecule has 0 aliphatic heterocycles. The zero-order valence-corrected chi connectivity index (χ0v) is 12.4. The molecule has 1 aromatic rings. The maximum Gasteiger partial charge on any atom is 0.252 e. The van der Waals surface area contributed by atoms with E-state index >= 15 is 0 Å². The Balaban J connectivity index is 2.39. The molecule has 0 atom stereocenters. The topological polar surface area (TPSA) is 29.1 Å². The lowest BCUT2D eigenvalue weighted by Gasteiger charge is -2.08. The first-order valence-electron chi connectivity index (χ1n) is 6.24. The van der Waals surface area contributed by atoms with E-state index in [0.29, 0.717) is 18.0 Å². The van der Waals surface area contributed by atoms with Crippen LogP contribution in [0.15, 0.2) is 22.7 Å². The molecule has 100 valence electrons. The van der Waals surface area contributed by atoms with Gasteiger partial charge in [0.05, 0.1) is 10.0 Å². The number of unbranched alkanes of at least 4 members (excludes halogenated alkanes) is 1. The van der Waals surface area contributed by atoms with Crippen LogP contribution in [-0.4, -0.2) is 12.5 Å². The Morgan fingerprint density at radius 3 is 2.78 bits per heavy atom. The summed E-state index contributed by atoms with van der Waals surface area (Å²) in [6.45, 7) is 5.00. The molecule has 0 bridgehead atoms.